The molecule has 6 heteroatoms. The van der Waals surface area contributed by atoms with Crippen molar-refractivity contribution in [3.63, 3.8) is 0 Å². The Labute approximate surface area is 184 Å². The van der Waals surface area contributed by atoms with Crippen molar-refractivity contribution in [2.24, 2.45) is 0 Å². The van der Waals surface area contributed by atoms with E-state index >= 15 is 0 Å². The molecular formula is C24H22ClNO3S. The third-order valence-electron chi connectivity index (χ3n) is 4.97. The Kier molecular flexibility index (Phi) is 6.02. The number of ether oxygens (including phenoxy) is 1. The minimum atomic E-state index is -0.577. The Morgan fingerprint density at radius 1 is 1.10 bits per heavy atom. The second-order valence-electron chi connectivity index (χ2n) is 7.54. The highest BCUT2D eigenvalue weighted by Crippen LogP contribution is 2.47. The summed E-state index contributed by atoms with van der Waals surface area (Å²) in [6, 6.07) is 19.8. The van der Waals surface area contributed by atoms with Gasteiger partial charge >= 0.3 is 5.97 Å². The number of hydrogen-bond donors (Lipinski definition) is 1. The van der Waals surface area contributed by atoms with Crippen LogP contribution in [0, 0.1) is 0 Å². The molecule has 0 fully saturated rings. The Morgan fingerprint density at radius 3 is 2.67 bits per heavy atom. The van der Waals surface area contributed by atoms with Crippen LogP contribution in [0.1, 0.15) is 36.6 Å². The summed E-state index contributed by atoms with van der Waals surface area (Å²) in [5.41, 5.74) is 2.73. The summed E-state index contributed by atoms with van der Waals surface area (Å²) in [5.74, 6) is -0.578. The van der Waals surface area contributed by atoms with Crippen LogP contribution in [-0.4, -0.2) is 23.2 Å². The summed E-state index contributed by atoms with van der Waals surface area (Å²) in [7, 11) is 0. The van der Waals surface area contributed by atoms with Gasteiger partial charge in [0.1, 0.15) is 0 Å². The zero-order valence-electron chi connectivity index (χ0n) is 16.7. The van der Waals surface area contributed by atoms with Crippen molar-refractivity contribution < 1.29 is 14.3 Å². The number of nitrogens with one attached hydrogen (secondary N) is 1. The van der Waals surface area contributed by atoms with Crippen LogP contribution in [0.5, 0.6) is 0 Å². The fourth-order valence-electron chi connectivity index (χ4n) is 3.70. The van der Waals surface area contributed by atoms with E-state index in [4.69, 9.17) is 16.3 Å². The Bertz CT molecular complexity index is 1110. The summed E-state index contributed by atoms with van der Waals surface area (Å²) in [6.45, 7) is 3.60. The molecule has 0 unspecified atom stereocenters. The van der Waals surface area contributed by atoms with E-state index < -0.39 is 5.25 Å². The van der Waals surface area contributed by atoms with E-state index in [1.165, 1.54) is 11.8 Å². The average Bonchev–Trinajstić information content (AvgIpc) is 2.83. The maximum atomic E-state index is 13.0. The van der Waals surface area contributed by atoms with Gasteiger partial charge in [0.25, 0.3) is 0 Å². The summed E-state index contributed by atoms with van der Waals surface area (Å²) in [4.78, 5) is 25.3. The monoisotopic (exact) mass is 439 g/mol. The predicted octanol–water partition coefficient (Wildman–Crippen LogP) is 5.98. The van der Waals surface area contributed by atoms with Crippen molar-refractivity contribution in [3.8, 4) is 0 Å². The highest BCUT2D eigenvalue weighted by atomic mass is 35.5. The first kappa shape index (κ1) is 20.8. The predicted molar refractivity (Wildman–Crippen MR) is 123 cm³/mol. The van der Waals surface area contributed by atoms with Gasteiger partial charge in [-0.2, -0.15) is 0 Å². The van der Waals surface area contributed by atoms with Crippen LogP contribution >= 0.6 is 23.4 Å². The van der Waals surface area contributed by atoms with Gasteiger partial charge < -0.3 is 10.1 Å². The normalized spacial score (nSPS) is 18.6. The van der Waals surface area contributed by atoms with Crippen molar-refractivity contribution in [2.75, 3.05) is 5.32 Å². The first-order valence-electron chi connectivity index (χ1n) is 9.85. The summed E-state index contributed by atoms with van der Waals surface area (Å²) in [5, 5.41) is 5.08. The van der Waals surface area contributed by atoms with Gasteiger partial charge in [0.2, 0.25) is 5.91 Å². The quantitative estimate of drug-likeness (QED) is 0.508. The van der Waals surface area contributed by atoms with Crippen LogP contribution in [0.3, 0.4) is 0 Å². The lowest BCUT2D eigenvalue weighted by Gasteiger charge is -2.22. The first-order valence-corrected chi connectivity index (χ1v) is 11.2. The van der Waals surface area contributed by atoms with E-state index in [1.807, 2.05) is 30.3 Å². The van der Waals surface area contributed by atoms with Gasteiger partial charge in [-0.15, -0.1) is 11.8 Å². The van der Waals surface area contributed by atoms with Gasteiger partial charge in [-0.25, -0.2) is 0 Å². The molecule has 0 radical (unpaired) electrons. The van der Waals surface area contributed by atoms with Gasteiger partial charge in [0, 0.05) is 10.7 Å². The number of esters is 1. The molecule has 1 aliphatic rings. The van der Waals surface area contributed by atoms with E-state index in [1.54, 1.807) is 19.9 Å². The molecule has 0 bridgehead atoms. The number of benzene rings is 3. The molecule has 0 saturated carbocycles. The number of amides is 1. The molecule has 30 heavy (non-hydrogen) atoms. The van der Waals surface area contributed by atoms with Crippen LogP contribution < -0.4 is 5.32 Å². The van der Waals surface area contributed by atoms with Crippen LogP contribution in [0.15, 0.2) is 60.7 Å². The molecular weight excluding hydrogens is 418 g/mol. The van der Waals surface area contributed by atoms with Crippen LogP contribution in [0.2, 0.25) is 5.02 Å². The van der Waals surface area contributed by atoms with Gasteiger partial charge in [0.05, 0.1) is 23.0 Å². The standard InChI is InChI=1S/C24H22ClNO3S/c1-14(2)29-22(27)13-21-24(28)26-20-11-10-16(25)12-19(20)23(30-21)18-9-5-7-15-6-3-4-8-17(15)18/h3-12,14,21,23H,13H2,1-2H3,(H,26,28)/t21-,23-/m0/s1. The minimum Gasteiger partial charge on any atom is -0.463 e. The first-order chi connectivity index (χ1) is 14.4. The zero-order chi connectivity index (χ0) is 21.3. The molecule has 154 valence electrons. The fraction of sp³-hybridized carbons (Fsp3) is 0.250. The average molecular weight is 440 g/mol. The fourth-order valence-corrected chi connectivity index (χ4v) is 5.32. The molecule has 4 rings (SSSR count). The number of fused-ring (bicyclic) bond motifs is 2. The van der Waals surface area contributed by atoms with E-state index in [2.05, 4.69) is 29.6 Å². The highest BCUT2D eigenvalue weighted by Gasteiger charge is 2.34. The van der Waals surface area contributed by atoms with Crippen molar-refractivity contribution in [1.29, 1.82) is 0 Å². The molecule has 4 nitrogen and oxygen atoms in total. The Hall–Kier alpha value is -2.50. The largest absolute Gasteiger partial charge is 0.463 e. The van der Waals surface area contributed by atoms with Crippen LogP contribution in [0.4, 0.5) is 5.69 Å². The lowest BCUT2D eigenvalue weighted by atomic mass is 9.97. The van der Waals surface area contributed by atoms with E-state index in [-0.39, 0.29) is 29.7 Å². The van der Waals surface area contributed by atoms with Crippen molar-refractivity contribution in [3.05, 3.63) is 76.8 Å². The number of anilines is 1. The molecule has 0 saturated heterocycles. The number of hydrogen-bond acceptors (Lipinski definition) is 4. The molecule has 1 heterocycles. The highest BCUT2D eigenvalue weighted by molar-refractivity contribution is 8.01. The Morgan fingerprint density at radius 2 is 1.87 bits per heavy atom. The number of carbonyl (C=O) groups is 2. The van der Waals surface area contributed by atoms with Gasteiger partial charge in [-0.1, -0.05) is 54.1 Å². The maximum Gasteiger partial charge on any atom is 0.307 e. The second kappa shape index (κ2) is 8.70. The molecule has 0 spiro atoms. The van der Waals surface area contributed by atoms with Crippen molar-refractivity contribution in [1.82, 2.24) is 0 Å². The van der Waals surface area contributed by atoms with Crippen molar-refractivity contribution in [2.45, 2.75) is 36.9 Å². The molecule has 2 atom stereocenters. The van der Waals surface area contributed by atoms with Crippen LogP contribution in [0.25, 0.3) is 10.8 Å². The van der Waals surface area contributed by atoms with Gasteiger partial charge in [0.15, 0.2) is 0 Å². The third-order valence-corrected chi connectivity index (χ3v) is 6.70. The third kappa shape index (κ3) is 4.32. The second-order valence-corrected chi connectivity index (χ2v) is 9.29. The zero-order valence-corrected chi connectivity index (χ0v) is 18.3. The van der Waals surface area contributed by atoms with Gasteiger partial charge in [-0.3, -0.25) is 9.59 Å². The van der Waals surface area contributed by atoms with E-state index in [0.29, 0.717) is 5.02 Å². The minimum absolute atomic E-state index is 0.0116. The summed E-state index contributed by atoms with van der Waals surface area (Å²) < 4.78 is 5.30. The molecule has 1 N–H and O–H groups in total. The van der Waals surface area contributed by atoms with E-state index in [9.17, 15) is 9.59 Å². The summed E-state index contributed by atoms with van der Waals surface area (Å²) in [6.07, 6.45) is -0.210. The topological polar surface area (TPSA) is 55.4 Å². The lowest BCUT2D eigenvalue weighted by molar-refractivity contribution is -0.148. The van der Waals surface area contributed by atoms with E-state index in [0.717, 1.165) is 27.6 Å². The number of carbonyl (C=O) groups excluding carboxylic acids is 2. The number of halogens is 1. The molecule has 1 amide bonds. The molecule has 3 aromatic carbocycles. The molecule has 1 aliphatic heterocycles. The van der Waals surface area contributed by atoms with Crippen molar-refractivity contribution >= 4 is 51.7 Å². The number of thioether (sulfide) groups is 1. The molecule has 0 aromatic heterocycles. The number of rotatable bonds is 4. The lowest BCUT2D eigenvalue weighted by Crippen LogP contribution is -2.28. The smallest absolute Gasteiger partial charge is 0.307 e. The Balaban J connectivity index is 1.80. The molecule has 3 aromatic rings. The van der Waals surface area contributed by atoms with Gasteiger partial charge in [-0.05, 0) is 53.9 Å². The molecule has 0 aliphatic carbocycles. The SMILES string of the molecule is CC(C)OC(=O)C[C@@H]1S[C@@H](c2cccc3ccccc23)c2cc(Cl)ccc2NC1=O. The summed E-state index contributed by atoms with van der Waals surface area (Å²) >= 11 is 7.78. The maximum absolute atomic E-state index is 13.0. The van der Waals surface area contributed by atoms with Crippen LogP contribution in [-0.2, 0) is 14.3 Å².